The van der Waals surface area contributed by atoms with E-state index in [4.69, 9.17) is 9.72 Å². The van der Waals surface area contributed by atoms with Gasteiger partial charge in [-0.2, -0.15) is 0 Å². The molecule has 6 nitrogen and oxygen atoms in total. The molecule has 3 aromatic rings. The Balaban J connectivity index is 1.40. The number of nitrogens with one attached hydrogen (secondary N) is 2. The second-order valence-corrected chi connectivity index (χ2v) is 8.79. The molecule has 1 aromatic heterocycles. The molecule has 31 heavy (non-hydrogen) atoms. The van der Waals surface area contributed by atoms with Crippen LogP contribution in [0.5, 0.6) is 5.75 Å². The van der Waals surface area contributed by atoms with Crippen LogP contribution in [0.15, 0.2) is 42.5 Å². The van der Waals surface area contributed by atoms with E-state index in [9.17, 15) is 4.79 Å². The van der Waals surface area contributed by atoms with Gasteiger partial charge < -0.3 is 19.9 Å². The quantitative estimate of drug-likeness (QED) is 0.585. The third-order valence-electron chi connectivity index (χ3n) is 6.75. The van der Waals surface area contributed by atoms with Gasteiger partial charge in [-0.1, -0.05) is 37.3 Å². The molecule has 5 rings (SSSR count). The number of carbonyl (C=O) groups excluding carboxylic acids is 1. The molecule has 3 atom stereocenters. The number of carbonyl (C=O) groups is 1. The predicted molar refractivity (Wildman–Crippen MR) is 121 cm³/mol. The maximum absolute atomic E-state index is 13.3. The van der Waals surface area contributed by atoms with E-state index >= 15 is 0 Å². The lowest BCUT2D eigenvalue weighted by Gasteiger charge is -2.34. The lowest BCUT2D eigenvalue weighted by molar-refractivity contribution is 0.142. The molecular formula is C25H30N4O2. The number of piperidine rings is 1. The molecule has 1 saturated heterocycles. The van der Waals surface area contributed by atoms with E-state index in [0.29, 0.717) is 19.1 Å². The highest BCUT2D eigenvalue weighted by atomic mass is 16.5. The fourth-order valence-electron chi connectivity index (χ4n) is 5.20. The first-order chi connectivity index (χ1) is 15.2. The third-order valence-corrected chi connectivity index (χ3v) is 6.75. The van der Waals surface area contributed by atoms with E-state index in [-0.39, 0.29) is 18.1 Å². The van der Waals surface area contributed by atoms with E-state index in [1.54, 1.807) is 0 Å². The third kappa shape index (κ3) is 3.64. The number of rotatable bonds is 6. The van der Waals surface area contributed by atoms with E-state index in [1.165, 1.54) is 5.56 Å². The smallest absolute Gasteiger partial charge is 0.318 e. The van der Waals surface area contributed by atoms with Gasteiger partial charge in [0.15, 0.2) is 0 Å². The molecule has 2 bridgehead atoms. The molecule has 0 unspecified atom stereocenters. The van der Waals surface area contributed by atoms with Crippen molar-refractivity contribution in [3.63, 3.8) is 0 Å². The summed E-state index contributed by atoms with van der Waals surface area (Å²) in [5, 5.41) is 3.16. The number of aromatic amines is 1. The molecule has 2 aliphatic rings. The van der Waals surface area contributed by atoms with Crippen LogP contribution in [0, 0.1) is 12.8 Å². The molecule has 1 saturated carbocycles. The summed E-state index contributed by atoms with van der Waals surface area (Å²) >= 11 is 0. The van der Waals surface area contributed by atoms with E-state index in [0.717, 1.165) is 53.9 Å². The fraction of sp³-hybridized carbons (Fsp3) is 0.440. The Bertz CT molecular complexity index is 1090. The number of aryl methyl sites for hydroxylation is 1. The van der Waals surface area contributed by atoms with Crippen molar-refractivity contribution in [2.24, 2.45) is 5.92 Å². The zero-order chi connectivity index (χ0) is 21.4. The summed E-state index contributed by atoms with van der Waals surface area (Å²) in [4.78, 5) is 23.7. The van der Waals surface area contributed by atoms with E-state index < -0.39 is 0 Å². The molecule has 1 aliphatic carbocycles. The SMILES string of the molecule is CCCOc1cccc2[nH]c([C@@H]3[C@H]4CC[C@H](C4)N3C(=O)NCc3ccccc3C)nc12. The Morgan fingerprint density at radius 1 is 1.23 bits per heavy atom. The molecule has 0 radical (unpaired) electrons. The van der Waals surface area contributed by atoms with Crippen LogP contribution < -0.4 is 10.1 Å². The molecule has 162 valence electrons. The number of amides is 2. The summed E-state index contributed by atoms with van der Waals surface area (Å²) < 4.78 is 5.90. The number of benzene rings is 2. The lowest BCUT2D eigenvalue weighted by Crippen LogP contribution is -2.46. The second-order valence-electron chi connectivity index (χ2n) is 8.79. The van der Waals surface area contributed by atoms with Crippen molar-refractivity contribution in [1.82, 2.24) is 20.2 Å². The molecule has 2 N–H and O–H groups in total. The van der Waals surface area contributed by atoms with Gasteiger partial charge in [0.25, 0.3) is 0 Å². The minimum absolute atomic E-state index is 0.00312. The Kier molecular flexibility index (Phi) is 5.30. The average molecular weight is 419 g/mol. The highest BCUT2D eigenvalue weighted by Gasteiger charge is 2.50. The van der Waals surface area contributed by atoms with Crippen molar-refractivity contribution in [3.8, 4) is 5.75 Å². The Morgan fingerprint density at radius 2 is 2.10 bits per heavy atom. The van der Waals surface area contributed by atoms with E-state index in [1.807, 2.05) is 35.2 Å². The summed E-state index contributed by atoms with van der Waals surface area (Å²) in [5.74, 6) is 2.14. The van der Waals surface area contributed by atoms with Crippen LogP contribution in [-0.2, 0) is 6.54 Å². The topological polar surface area (TPSA) is 70.2 Å². The summed E-state index contributed by atoms with van der Waals surface area (Å²) in [6.45, 7) is 5.39. The van der Waals surface area contributed by atoms with Crippen LogP contribution in [0.1, 0.15) is 55.6 Å². The Labute approximate surface area is 183 Å². The van der Waals surface area contributed by atoms with Crippen molar-refractivity contribution < 1.29 is 9.53 Å². The number of likely N-dealkylation sites (tertiary alicyclic amines) is 1. The number of ether oxygens (including phenoxy) is 1. The van der Waals surface area contributed by atoms with Gasteiger partial charge in [-0.15, -0.1) is 0 Å². The number of para-hydroxylation sites is 1. The second kappa shape index (κ2) is 8.25. The van der Waals surface area contributed by atoms with Gasteiger partial charge in [-0.3, -0.25) is 0 Å². The van der Waals surface area contributed by atoms with Crippen LogP contribution in [0.3, 0.4) is 0 Å². The van der Waals surface area contributed by atoms with Gasteiger partial charge in [0.2, 0.25) is 0 Å². The summed E-state index contributed by atoms with van der Waals surface area (Å²) in [7, 11) is 0. The molecular weight excluding hydrogens is 388 g/mol. The van der Waals surface area contributed by atoms with Crippen LogP contribution in [-0.4, -0.2) is 33.5 Å². The zero-order valence-corrected chi connectivity index (χ0v) is 18.2. The standard InChI is InChI=1S/C25H30N4O2/c1-3-13-31-21-10-6-9-20-22(21)28-24(27-20)23-17-11-12-19(14-17)29(23)25(30)26-15-18-8-5-4-7-16(18)2/h4-10,17,19,23H,3,11-15H2,1-2H3,(H,26,30)(H,27,28)/t17-,19+,23-/m0/s1. The maximum atomic E-state index is 13.3. The first kappa shape index (κ1) is 19.9. The fourth-order valence-corrected chi connectivity index (χ4v) is 5.20. The van der Waals surface area contributed by atoms with Gasteiger partial charge >= 0.3 is 6.03 Å². The molecule has 2 fully saturated rings. The zero-order valence-electron chi connectivity index (χ0n) is 18.2. The molecule has 6 heteroatoms. The Hall–Kier alpha value is -3.02. The molecule has 2 heterocycles. The average Bonchev–Trinajstić information content (AvgIpc) is 3.50. The predicted octanol–water partition coefficient (Wildman–Crippen LogP) is 5.10. The van der Waals surface area contributed by atoms with Crippen molar-refractivity contribution in [3.05, 3.63) is 59.4 Å². The number of aromatic nitrogens is 2. The number of hydrogen-bond acceptors (Lipinski definition) is 3. The lowest BCUT2D eigenvalue weighted by atomic mass is 9.98. The van der Waals surface area contributed by atoms with Crippen LogP contribution in [0.25, 0.3) is 11.0 Å². The monoisotopic (exact) mass is 418 g/mol. The summed E-state index contributed by atoms with van der Waals surface area (Å²) in [5.41, 5.74) is 4.16. The normalized spacial score (nSPS) is 22.3. The van der Waals surface area contributed by atoms with Crippen molar-refractivity contribution in [1.29, 1.82) is 0 Å². The summed E-state index contributed by atoms with van der Waals surface area (Å²) in [6.07, 6.45) is 4.23. The van der Waals surface area contributed by atoms with Crippen LogP contribution >= 0.6 is 0 Å². The number of H-pyrrole nitrogens is 1. The first-order valence-electron chi connectivity index (χ1n) is 11.4. The van der Waals surface area contributed by atoms with Gasteiger partial charge in [0.1, 0.15) is 17.1 Å². The van der Waals surface area contributed by atoms with Gasteiger partial charge in [0.05, 0.1) is 18.2 Å². The highest BCUT2D eigenvalue weighted by Crippen LogP contribution is 2.50. The van der Waals surface area contributed by atoms with Crippen molar-refractivity contribution in [2.45, 2.75) is 58.2 Å². The number of imidazole rings is 1. The molecule has 0 spiro atoms. The number of hydrogen-bond donors (Lipinski definition) is 2. The number of urea groups is 1. The minimum atomic E-state index is -0.0120. The Morgan fingerprint density at radius 3 is 2.94 bits per heavy atom. The van der Waals surface area contributed by atoms with Crippen LogP contribution in [0.2, 0.25) is 0 Å². The van der Waals surface area contributed by atoms with Gasteiger partial charge in [-0.25, -0.2) is 9.78 Å². The van der Waals surface area contributed by atoms with Crippen molar-refractivity contribution in [2.75, 3.05) is 6.61 Å². The first-order valence-corrected chi connectivity index (χ1v) is 11.4. The number of nitrogens with zero attached hydrogens (tertiary/aromatic N) is 2. The van der Waals surface area contributed by atoms with Gasteiger partial charge in [-0.05, 0) is 61.8 Å². The van der Waals surface area contributed by atoms with Crippen LogP contribution in [0.4, 0.5) is 4.79 Å². The largest absolute Gasteiger partial charge is 0.491 e. The van der Waals surface area contributed by atoms with Crippen molar-refractivity contribution >= 4 is 17.1 Å². The molecule has 2 amide bonds. The number of fused-ring (bicyclic) bond motifs is 3. The van der Waals surface area contributed by atoms with E-state index in [2.05, 4.69) is 36.3 Å². The molecule has 2 aromatic carbocycles. The van der Waals surface area contributed by atoms with Gasteiger partial charge in [0, 0.05) is 12.6 Å². The minimum Gasteiger partial charge on any atom is -0.491 e. The summed E-state index contributed by atoms with van der Waals surface area (Å²) in [6, 6.07) is 14.5. The highest BCUT2D eigenvalue weighted by molar-refractivity contribution is 5.82. The molecule has 1 aliphatic heterocycles. The maximum Gasteiger partial charge on any atom is 0.318 e.